The maximum atomic E-state index is 12.6. The lowest BCUT2D eigenvalue weighted by atomic mass is 10.2. The Balaban J connectivity index is 1.22. The number of methoxy groups -OCH3 is 2. The molecule has 2 saturated heterocycles. The number of nitrogens with one attached hydrogen (secondary N) is 2. The van der Waals surface area contributed by atoms with Crippen LogP contribution in [0, 0.1) is 0 Å². The van der Waals surface area contributed by atoms with Crippen molar-refractivity contribution in [3.8, 4) is 11.5 Å². The van der Waals surface area contributed by atoms with Crippen LogP contribution in [0.1, 0.15) is 19.3 Å². The predicted octanol–water partition coefficient (Wildman–Crippen LogP) is 3.04. The monoisotopic (exact) mass is 463 g/mol. The van der Waals surface area contributed by atoms with Crippen molar-refractivity contribution in [2.24, 2.45) is 0 Å². The van der Waals surface area contributed by atoms with Crippen molar-refractivity contribution in [2.45, 2.75) is 25.3 Å². The molecule has 0 bridgehead atoms. The summed E-state index contributed by atoms with van der Waals surface area (Å²) in [5.41, 5.74) is 1.46. The molecule has 1 atom stereocenters. The van der Waals surface area contributed by atoms with Crippen molar-refractivity contribution < 1.29 is 14.3 Å². The number of carbonyl (C=O) groups is 1. The highest BCUT2D eigenvalue weighted by Gasteiger charge is 2.27. The molecule has 3 aromatic rings. The van der Waals surface area contributed by atoms with Gasteiger partial charge in [-0.15, -0.1) is 0 Å². The second kappa shape index (κ2) is 9.58. The van der Waals surface area contributed by atoms with Gasteiger partial charge in [0.1, 0.15) is 18.0 Å². The van der Waals surface area contributed by atoms with Crippen molar-refractivity contribution in [2.75, 3.05) is 55.5 Å². The maximum absolute atomic E-state index is 12.6. The summed E-state index contributed by atoms with van der Waals surface area (Å²) in [7, 11) is 3.21. The van der Waals surface area contributed by atoms with Crippen LogP contribution < -0.4 is 29.9 Å². The Morgan fingerprint density at radius 2 is 1.79 bits per heavy atom. The molecular formula is C24H29N7O3. The van der Waals surface area contributed by atoms with Gasteiger partial charge in [0.15, 0.2) is 11.5 Å². The van der Waals surface area contributed by atoms with E-state index in [2.05, 4.69) is 35.4 Å². The zero-order valence-electron chi connectivity index (χ0n) is 19.5. The molecule has 2 aliphatic rings. The SMILES string of the molecule is COc1cc2ncnc(N3CCC(NC(=O)Nc4ccc(N5CCCC5)nc4)C3)c2cc1OC. The zero-order chi connectivity index (χ0) is 23.5. The van der Waals surface area contributed by atoms with Crippen molar-refractivity contribution in [3.05, 3.63) is 36.8 Å². The number of fused-ring (bicyclic) bond motifs is 1. The highest BCUT2D eigenvalue weighted by atomic mass is 16.5. The molecule has 0 spiro atoms. The molecule has 2 fully saturated rings. The Kier molecular flexibility index (Phi) is 6.20. The third-order valence-electron chi connectivity index (χ3n) is 6.38. The second-order valence-electron chi connectivity index (χ2n) is 8.55. The first-order chi connectivity index (χ1) is 16.6. The Labute approximate surface area is 198 Å². The number of ether oxygens (including phenoxy) is 2. The van der Waals surface area contributed by atoms with Gasteiger partial charge in [-0.3, -0.25) is 0 Å². The highest BCUT2D eigenvalue weighted by molar-refractivity contribution is 5.92. The summed E-state index contributed by atoms with van der Waals surface area (Å²) in [5.74, 6) is 3.03. The van der Waals surface area contributed by atoms with E-state index >= 15 is 0 Å². The van der Waals surface area contributed by atoms with Gasteiger partial charge < -0.3 is 29.9 Å². The third kappa shape index (κ3) is 4.48. The topological polar surface area (TPSA) is 105 Å². The molecule has 5 rings (SSSR count). The lowest BCUT2D eigenvalue weighted by Gasteiger charge is -2.20. The van der Waals surface area contributed by atoms with E-state index in [4.69, 9.17) is 9.47 Å². The Hall–Kier alpha value is -3.82. The van der Waals surface area contributed by atoms with Crippen LogP contribution in [0.5, 0.6) is 11.5 Å². The quantitative estimate of drug-likeness (QED) is 0.575. The smallest absolute Gasteiger partial charge is 0.319 e. The minimum atomic E-state index is -0.235. The summed E-state index contributed by atoms with van der Waals surface area (Å²) in [6.07, 6.45) is 6.49. The molecular weight excluding hydrogens is 434 g/mol. The molecule has 178 valence electrons. The van der Waals surface area contributed by atoms with E-state index < -0.39 is 0 Å². The summed E-state index contributed by atoms with van der Waals surface area (Å²) >= 11 is 0. The third-order valence-corrected chi connectivity index (χ3v) is 6.38. The van der Waals surface area contributed by atoms with Gasteiger partial charge in [-0.25, -0.2) is 19.7 Å². The van der Waals surface area contributed by atoms with Crippen LogP contribution in [-0.4, -0.2) is 67.4 Å². The first kappa shape index (κ1) is 22.0. The Bertz CT molecular complexity index is 1170. The zero-order valence-corrected chi connectivity index (χ0v) is 19.5. The molecule has 10 heteroatoms. The number of nitrogens with zero attached hydrogens (tertiary/aromatic N) is 5. The molecule has 34 heavy (non-hydrogen) atoms. The lowest BCUT2D eigenvalue weighted by Crippen LogP contribution is -2.39. The van der Waals surface area contributed by atoms with E-state index in [1.54, 1.807) is 26.7 Å². The van der Waals surface area contributed by atoms with Crippen LogP contribution in [0.4, 0.5) is 22.1 Å². The Morgan fingerprint density at radius 3 is 2.53 bits per heavy atom. The molecule has 0 aliphatic carbocycles. The van der Waals surface area contributed by atoms with E-state index in [9.17, 15) is 4.79 Å². The fraction of sp³-hybridized carbons (Fsp3) is 0.417. The van der Waals surface area contributed by atoms with Crippen molar-refractivity contribution >= 4 is 34.3 Å². The molecule has 1 aromatic carbocycles. The van der Waals surface area contributed by atoms with Crippen molar-refractivity contribution in [1.29, 1.82) is 0 Å². The molecule has 4 heterocycles. The van der Waals surface area contributed by atoms with Crippen LogP contribution >= 0.6 is 0 Å². The number of pyridine rings is 1. The van der Waals surface area contributed by atoms with Crippen LogP contribution in [0.25, 0.3) is 10.9 Å². The minimum absolute atomic E-state index is 0.00184. The number of benzene rings is 1. The summed E-state index contributed by atoms with van der Waals surface area (Å²) in [6, 6.07) is 7.37. The Morgan fingerprint density at radius 1 is 1.00 bits per heavy atom. The van der Waals surface area contributed by atoms with Gasteiger partial charge in [-0.2, -0.15) is 0 Å². The maximum Gasteiger partial charge on any atom is 0.319 e. The van der Waals surface area contributed by atoms with Crippen molar-refractivity contribution in [3.63, 3.8) is 0 Å². The molecule has 2 aromatic heterocycles. The molecule has 2 amide bonds. The number of urea groups is 1. The van der Waals surface area contributed by atoms with Crippen LogP contribution in [-0.2, 0) is 0 Å². The summed E-state index contributed by atoms with van der Waals surface area (Å²) in [4.78, 5) is 30.4. The fourth-order valence-electron chi connectivity index (χ4n) is 4.64. The standard InChI is InChI=1S/C24H29N7O3/c1-33-20-11-18-19(12-21(20)34-2)26-15-27-23(18)31-10-7-17(14-31)29-24(32)28-16-5-6-22(25-13-16)30-8-3-4-9-30/h5-6,11-13,15,17H,3-4,7-10,14H2,1-2H3,(H2,28,29,32). The first-order valence-electron chi connectivity index (χ1n) is 11.5. The second-order valence-corrected chi connectivity index (χ2v) is 8.55. The van der Waals surface area contributed by atoms with E-state index in [0.29, 0.717) is 23.7 Å². The highest BCUT2D eigenvalue weighted by Crippen LogP contribution is 2.35. The van der Waals surface area contributed by atoms with Gasteiger partial charge in [0.2, 0.25) is 0 Å². The van der Waals surface area contributed by atoms with Crippen LogP contribution in [0.3, 0.4) is 0 Å². The number of aromatic nitrogens is 3. The normalized spacial score (nSPS) is 17.8. The average Bonchev–Trinajstić information content (AvgIpc) is 3.56. The summed E-state index contributed by atoms with van der Waals surface area (Å²) in [5, 5.41) is 6.84. The van der Waals surface area contributed by atoms with Gasteiger partial charge in [-0.05, 0) is 37.5 Å². The molecule has 0 saturated carbocycles. The van der Waals surface area contributed by atoms with E-state index in [1.807, 2.05) is 24.3 Å². The van der Waals surface area contributed by atoms with Gasteiger partial charge in [0.25, 0.3) is 0 Å². The summed E-state index contributed by atoms with van der Waals surface area (Å²) in [6.45, 7) is 3.51. The number of amides is 2. The van der Waals surface area contributed by atoms with Gasteiger partial charge in [0.05, 0.1) is 31.6 Å². The van der Waals surface area contributed by atoms with Crippen molar-refractivity contribution in [1.82, 2.24) is 20.3 Å². The van der Waals surface area contributed by atoms with Gasteiger partial charge in [0, 0.05) is 43.7 Å². The number of anilines is 3. The van der Waals surface area contributed by atoms with Crippen LogP contribution in [0.15, 0.2) is 36.8 Å². The van der Waals surface area contributed by atoms with E-state index in [1.165, 1.54) is 12.8 Å². The van der Waals surface area contributed by atoms with Gasteiger partial charge >= 0.3 is 6.03 Å². The largest absolute Gasteiger partial charge is 0.493 e. The lowest BCUT2D eigenvalue weighted by molar-refractivity contribution is 0.249. The summed E-state index contributed by atoms with van der Waals surface area (Å²) < 4.78 is 10.8. The van der Waals surface area contributed by atoms with E-state index in [0.717, 1.165) is 48.6 Å². The molecule has 1 unspecified atom stereocenters. The number of hydrogen-bond donors (Lipinski definition) is 2. The fourth-order valence-corrected chi connectivity index (χ4v) is 4.64. The van der Waals surface area contributed by atoms with E-state index in [-0.39, 0.29) is 12.1 Å². The number of rotatable bonds is 6. The number of hydrogen-bond acceptors (Lipinski definition) is 8. The molecule has 0 radical (unpaired) electrons. The molecule has 10 nitrogen and oxygen atoms in total. The molecule has 2 aliphatic heterocycles. The van der Waals surface area contributed by atoms with Gasteiger partial charge in [-0.1, -0.05) is 0 Å². The predicted molar refractivity (Wildman–Crippen MR) is 131 cm³/mol. The average molecular weight is 464 g/mol. The number of carbonyl (C=O) groups excluding carboxylic acids is 1. The molecule has 2 N–H and O–H groups in total. The van der Waals surface area contributed by atoms with Crippen LogP contribution in [0.2, 0.25) is 0 Å². The first-order valence-corrected chi connectivity index (χ1v) is 11.5. The minimum Gasteiger partial charge on any atom is -0.493 e.